The molecule has 1 aromatic rings. The zero-order valence-corrected chi connectivity index (χ0v) is 11.2. The summed E-state index contributed by atoms with van der Waals surface area (Å²) in [4.78, 5) is 14.2. The first-order valence-corrected chi connectivity index (χ1v) is 6.66. The van der Waals surface area contributed by atoms with Crippen LogP contribution in [0.5, 0.6) is 0 Å². The molecule has 5 nitrogen and oxygen atoms in total. The van der Waals surface area contributed by atoms with Crippen LogP contribution in [0, 0.1) is 0 Å². The summed E-state index contributed by atoms with van der Waals surface area (Å²) in [6.45, 7) is 0. The van der Waals surface area contributed by atoms with E-state index in [1.807, 2.05) is 11.9 Å². The highest BCUT2D eigenvalue weighted by molar-refractivity contribution is 5.98. The van der Waals surface area contributed by atoms with Crippen LogP contribution in [0.4, 0.5) is 5.82 Å². The Kier molecular flexibility index (Phi) is 3.89. The smallest absolute Gasteiger partial charge is 0.259 e. The van der Waals surface area contributed by atoms with Crippen LogP contribution in [-0.2, 0) is 7.05 Å². The van der Waals surface area contributed by atoms with Crippen molar-refractivity contribution >= 4 is 11.7 Å². The topological polar surface area (TPSA) is 64.2 Å². The van der Waals surface area contributed by atoms with Gasteiger partial charge in [-0.3, -0.25) is 9.48 Å². The van der Waals surface area contributed by atoms with E-state index in [1.165, 1.54) is 30.4 Å². The van der Waals surface area contributed by atoms with Crippen LogP contribution in [0.15, 0.2) is 6.20 Å². The van der Waals surface area contributed by atoms with Gasteiger partial charge in [0.2, 0.25) is 0 Å². The number of amides is 1. The molecule has 18 heavy (non-hydrogen) atoms. The molecule has 0 bridgehead atoms. The van der Waals surface area contributed by atoms with Crippen molar-refractivity contribution in [2.45, 2.75) is 44.6 Å². The predicted molar refractivity (Wildman–Crippen MR) is 71.2 cm³/mol. The molecule has 0 radical (unpaired) electrons. The lowest BCUT2D eigenvalue weighted by molar-refractivity contribution is 0.0719. The van der Waals surface area contributed by atoms with Crippen LogP contribution >= 0.6 is 0 Å². The highest BCUT2D eigenvalue weighted by Crippen LogP contribution is 2.23. The Bertz CT molecular complexity index is 419. The number of nitrogens with two attached hydrogens (primary N) is 1. The van der Waals surface area contributed by atoms with Gasteiger partial charge in [-0.2, -0.15) is 5.10 Å². The fourth-order valence-electron chi connectivity index (χ4n) is 2.61. The van der Waals surface area contributed by atoms with E-state index in [0.717, 1.165) is 12.8 Å². The quantitative estimate of drug-likeness (QED) is 0.814. The van der Waals surface area contributed by atoms with Gasteiger partial charge in [0.25, 0.3) is 5.91 Å². The first-order valence-electron chi connectivity index (χ1n) is 6.66. The Hall–Kier alpha value is -1.52. The lowest BCUT2D eigenvalue weighted by Crippen LogP contribution is -2.37. The molecule has 1 amide bonds. The van der Waals surface area contributed by atoms with Crippen LogP contribution < -0.4 is 5.73 Å². The molecule has 1 saturated carbocycles. The number of nitrogens with zero attached hydrogens (tertiary/aromatic N) is 3. The first kappa shape index (κ1) is 12.9. The van der Waals surface area contributed by atoms with Crippen LogP contribution in [0.25, 0.3) is 0 Å². The van der Waals surface area contributed by atoms with Crippen molar-refractivity contribution in [3.63, 3.8) is 0 Å². The molecular weight excluding hydrogens is 228 g/mol. The number of anilines is 1. The van der Waals surface area contributed by atoms with Gasteiger partial charge in [0.05, 0.1) is 6.20 Å². The molecule has 2 rings (SSSR count). The molecule has 0 atom stereocenters. The summed E-state index contributed by atoms with van der Waals surface area (Å²) in [5.41, 5.74) is 6.37. The van der Waals surface area contributed by atoms with E-state index in [1.54, 1.807) is 13.2 Å². The minimum absolute atomic E-state index is 0.00694. The molecule has 0 unspecified atom stereocenters. The number of nitrogen functional groups attached to an aromatic ring is 1. The van der Waals surface area contributed by atoms with Crippen molar-refractivity contribution in [1.82, 2.24) is 14.7 Å². The van der Waals surface area contributed by atoms with E-state index in [4.69, 9.17) is 5.73 Å². The summed E-state index contributed by atoms with van der Waals surface area (Å²) in [7, 11) is 3.63. The molecule has 5 heteroatoms. The first-order chi connectivity index (χ1) is 8.61. The highest BCUT2D eigenvalue weighted by atomic mass is 16.2. The number of rotatable bonds is 2. The van der Waals surface area contributed by atoms with Gasteiger partial charge in [-0.1, -0.05) is 25.7 Å². The van der Waals surface area contributed by atoms with Gasteiger partial charge in [0.15, 0.2) is 0 Å². The van der Waals surface area contributed by atoms with E-state index < -0.39 is 0 Å². The normalized spacial score (nSPS) is 17.4. The number of hydrogen-bond acceptors (Lipinski definition) is 3. The lowest BCUT2D eigenvalue weighted by atomic mass is 10.1. The van der Waals surface area contributed by atoms with E-state index in [0.29, 0.717) is 17.4 Å². The third-order valence-corrected chi connectivity index (χ3v) is 3.91. The monoisotopic (exact) mass is 250 g/mol. The minimum Gasteiger partial charge on any atom is -0.383 e. The van der Waals surface area contributed by atoms with Gasteiger partial charge in [-0.15, -0.1) is 0 Å². The Morgan fingerprint density at radius 1 is 1.39 bits per heavy atom. The molecule has 2 N–H and O–H groups in total. The van der Waals surface area contributed by atoms with E-state index in [-0.39, 0.29) is 5.91 Å². The molecule has 1 aromatic heterocycles. The van der Waals surface area contributed by atoms with Crippen LogP contribution in [0.2, 0.25) is 0 Å². The Morgan fingerprint density at radius 2 is 2.00 bits per heavy atom. The van der Waals surface area contributed by atoms with Crippen LogP contribution in [0.3, 0.4) is 0 Å². The second kappa shape index (κ2) is 5.42. The van der Waals surface area contributed by atoms with Gasteiger partial charge in [0, 0.05) is 20.1 Å². The van der Waals surface area contributed by atoms with Gasteiger partial charge in [-0.25, -0.2) is 0 Å². The van der Waals surface area contributed by atoms with Crippen LogP contribution in [0.1, 0.15) is 48.9 Å². The summed E-state index contributed by atoms with van der Waals surface area (Å²) in [6.07, 6.45) is 8.76. The Balaban J connectivity index is 2.10. The van der Waals surface area contributed by atoms with Crippen molar-refractivity contribution in [3.05, 3.63) is 11.8 Å². The summed E-state index contributed by atoms with van der Waals surface area (Å²) in [5, 5.41) is 4.03. The summed E-state index contributed by atoms with van der Waals surface area (Å²) < 4.78 is 1.54. The summed E-state index contributed by atoms with van der Waals surface area (Å²) in [5.74, 6) is 0.438. The fourth-order valence-corrected chi connectivity index (χ4v) is 2.61. The molecule has 1 aliphatic carbocycles. The molecule has 0 saturated heterocycles. The molecule has 1 aliphatic rings. The standard InChI is InChI=1S/C13H22N4O/c1-16(10-7-5-3-4-6-8-10)13(18)11-9-15-17(2)12(11)14/h9-10H,3-8,14H2,1-2H3. The van der Waals surface area contributed by atoms with Gasteiger partial charge < -0.3 is 10.6 Å². The maximum atomic E-state index is 12.4. The van der Waals surface area contributed by atoms with Gasteiger partial charge >= 0.3 is 0 Å². The predicted octanol–water partition coefficient (Wildman–Crippen LogP) is 1.80. The Labute approximate surface area is 108 Å². The van der Waals surface area contributed by atoms with Gasteiger partial charge in [0.1, 0.15) is 11.4 Å². The van der Waals surface area contributed by atoms with Crippen molar-refractivity contribution in [2.24, 2.45) is 7.05 Å². The van der Waals surface area contributed by atoms with Crippen molar-refractivity contribution in [1.29, 1.82) is 0 Å². The Morgan fingerprint density at radius 3 is 2.50 bits per heavy atom. The second-order valence-electron chi connectivity index (χ2n) is 5.13. The second-order valence-corrected chi connectivity index (χ2v) is 5.13. The molecule has 0 spiro atoms. The number of aromatic nitrogens is 2. The molecule has 100 valence electrons. The number of aryl methyl sites for hydroxylation is 1. The molecule has 1 fully saturated rings. The maximum absolute atomic E-state index is 12.4. The van der Waals surface area contributed by atoms with E-state index in [2.05, 4.69) is 5.10 Å². The average molecular weight is 250 g/mol. The third kappa shape index (κ3) is 2.49. The zero-order valence-electron chi connectivity index (χ0n) is 11.2. The third-order valence-electron chi connectivity index (χ3n) is 3.91. The lowest BCUT2D eigenvalue weighted by Gasteiger charge is -2.27. The molecule has 1 heterocycles. The number of hydrogen-bond donors (Lipinski definition) is 1. The van der Waals surface area contributed by atoms with Crippen molar-refractivity contribution < 1.29 is 4.79 Å². The van der Waals surface area contributed by atoms with Crippen molar-refractivity contribution in [3.8, 4) is 0 Å². The average Bonchev–Trinajstić information content (AvgIpc) is 2.62. The number of carbonyl (C=O) groups excluding carboxylic acids is 1. The van der Waals surface area contributed by atoms with Crippen LogP contribution in [-0.4, -0.2) is 33.7 Å². The van der Waals surface area contributed by atoms with Crippen molar-refractivity contribution in [2.75, 3.05) is 12.8 Å². The van der Waals surface area contributed by atoms with Gasteiger partial charge in [-0.05, 0) is 12.8 Å². The number of carbonyl (C=O) groups is 1. The highest BCUT2D eigenvalue weighted by Gasteiger charge is 2.24. The van der Waals surface area contributed by atoms with E-state index >= 15 is 0 Å². The van der Waals surface area contributed by atoms with E-state index in [9.17, 15) is 4.79 Å². The molecule has 0 aliphatic heterocycles. The summed E-state index contributed by atoms with van der Waals surface area (Å²) >= 11 is 0. The maximum Gasteiger partial charge on any atom is 0.259 e. The zero-order chi connectivity index (χ0) is 13.1. The molecule has 0 aromatic carbocycles. The minimum atomic E-state index is -0.00694. The molecular formula is C13H22N4O. The fraction of sp³-hybridized carbons (Fsp3) is 0.692. The largest absolute Gasteiger partial charge is 0.383 e. The summed E-state index contributed by atoms with van der Waals surface area (Å²) in [6, 6.07) is 0.347. The SMILES string of the molecule is CN(C(=O)c1cnn(C)c1N)C1CCCCCC1.